The van der Waals surface area contributed by atoms with E-state index in [4.69, 9.17) is 9.31 Å². The summed E-state index contributed by atoms with van der Waals surface area (Å²) in [5, 5.41) is 0. The molecular formula is C17H23BF3NO2. The largest absolute Gasteiger partial charge is 0.514 e. The Morgan fingerprint density at radius 1 is 1.04 bits per heavy atom. The minimum absolute atomic E-state index is 0.0542. The van der Waals surface area contributed by atoms with Crippen LogP contribution in [0, 0.1) is 0 Å². The molecule has 0 aromatic carbocycles. The van der Waals surface area contributed by atoms with Crippen molar-refractivity contribution < 1.29 is 22.5 Å². The van der Waals surface area contributed by atoms with E-state index in [9.17, 15) is 13.2 Å². The molecule has 24 heavy (non-hydrogen) atoms. The highest BCUT2D eigenvalue weighted by atomic mass is 19.4. The lowest BCUT2D eigenvalue weighted by Gasteiger charge is -2.32. The molecule has 7 heteroatoms. The van der Waals surface area contributed by atoms with Crippen molar-refractivity contribution in [2.24, 2.45) is 0 Å². The van der Waals surface area contributed by atoms with Crippen LogP contribution in [-0.4, -0.2) is 23.3 Å². The number of hydrogen-bond donors (Lipinski definition) is 0. The first-order valence-electron chi connectivity index (χ1n) is 8.45. The van der Waals surface area contributed by atoms with Crippen molar-refractivity contribution in [2.75, 3.05) is 0 Å². The summed E-state index contributed by atoms with van der Waals surface area (Å²) in [7, 11) is -0.881. The molecule has 0 unspecified atom stereocenters. The molecule has 1 aromatic rings. The van der Waals surface area contributed by atoms with Gasteiger partial charge in [0.1, 0.15) is 5.69 Å². The van der Waals surface area contributed by atoms with Gasteiger partial charge in [0.05, 0.1) is 16.8 Å². The lowest BCUT2D eigenvalue weighted by Crippen LogP contribution is -2.41. The van der Waals surface area contributed by atoms with Crippen molar-refractivity contribution in [1.82, 2.24) is 4.98 Å². The standard InChI is InChI=1S/C17H23BF3NO2/c1-15(2)16(3,4)24-18(23-15)13-10-9-12(11-7-5-6-8-11)14(22-13)17(19,20)21/h9-11H,5-8H2,1-4H3. The number of alkyl halides is 3. The minimum Gasteiger partial charge on any atom is -0.398 e. The first kappa shape index (κ1) is 17.7. The van der Waals surface area contributed by atoms with Gasteiger partial charge in [-0.25, -0.2) is 0 Å². The van der Waals surface area contributed by atoms with E-state index in [1.54, 1.807) is 12.1 Å². The van der Waals surface area contributed by atoms with E-state index in [-0.39, 0.29) is 11.5 Å². The third-order valence-electron chi connectivity index (χ3n) is 5.51. The molecule has 2 aliphatic rings. The molecule has 3 rings (SSSR count). The molecule has 3 nitrogen and oxygen atoms in total. The predicted molar refractivity (Wildman–Crippen MR) is 86.2 cm³/mol. The Morgan fingerprint density at radius 2 is 1.58 bits per heavy atom. The van der Waals surface area contributed by atoms with Gasteiger partial charge in [-0.2, -0.15) is 13.2 Å². The molecule has 1 aromatic heterocycles. The van der Waals surface area contributed by atoms with Crippen LogP contribution in [0.1, 0.15) is 70.6 Å². The maximum atomic E-state index is 13.5. The third kappa shape index (κ3) is 3.08. The van der Waals surface area contributed by atoms with E-state index < -0.39 is 30.2 Å². The van der Waals surface area contributed by atoms with Crippen LogP contribution in [-0.2, 0) is 15.5 Å². The van der Waals surface area contributed by atoms with E-state index >= 15 is 0 Å². The lowest BCUT2D eigenvalue weighted by atomic mass is 9.82. The lowest BCUT2D eigenvalue weighted by molar-refractivity contribution is -0.141. The van der Waals surface area contributed by atoms with E-state index in [0.717, 1.165) is 25.7 Å². The number of hydrogen-bond acceptors (Lipinski definition) is 3. The summed E-state index contributed by atoms with van der Waals surface area (Å²) in [4.78, 5) is 3.93. The van der Waals surface area contributed by atoms with Crippen molar-refractivity contribution in [2.45, 2.75) is 76.7 Å². The Morgan fingerprint density at radius 3 is 2.08 bits per heavy atom. The maximum Gasteiger partial charge on any atom is 0.514 e. The normalized spacial score (nSPS) is 23.9. The summed E-state index contributed by atoms with van der Waals surface area (Å²) in [5.74, 6) is -0.0542. The number of halogens is 3. The highest BCUT2D eigenvalue weighted by molar-refractivity contribution is 6.61. The zero-order chi connectivity index (χ0) is 17.8. The van der Waals surface area contributed by atoms with E-state index in [1.807, 2.05) is 27.7 Å². The van der Waals surface area contributed by atoms with Crippen LogP contribution in [0.25, 0.3) is 0 Å². The van der Waals surface area contributed by atoms with E-state index in [2.05, 4.69) is 4.98 Å². The average molecular weight is 341 g/mol. The van der Waals surface area contributed by atoms with Gasteiger partial charge in [0, 0.05) is 0 Å². The average Bonchev–Trinajstić information content (AvgIpc) is 3.04. The molecule has 0 spiro atoms. The number of nitrogens with zero attached hydrogens (tertiary/aromatic N) is 1. The molecule has 0 radical (unpaired) electrons. The molecule has 0 amide bonds. The van der Waals surface area contributed by atoms with Crippen LogP contribution in [0.3, 0.4) is 0 Å². The minimum atomic E-state index is -4.47. The maximum absolute atomic E-state index is 13.5. The van der Waals surface area contributed by atoms with Crippen molar-refractivity contribution in [3.05, 3.63) is 23.4 Å². The fourth-order valence-electron chi connectivity index (χ4n) is 3.37. The van der Waals surface area contributed by atoms with Crippen molar-refractivity contribution in [3.8, 4) is 0 Å². The molecule has 1 saturated carbocycles. The van der Waals surface area contributed by atoms with Gasteiger partial charge in [0.2, 0.25) is 0 Å². The van der Waals surface area contributed by atoms with Gasteiger partial charge in [-0.1, -0.05) is 18.9 Å². The Labute approximate surface area is 141 Å². The van der Waals surface area contributed by atoms with Gasteiger partial charge in [0.15, 0.2) is 0 Å². The summed E-state index contributed by atoms with van der Waals surface area (Å²) in [6.45, 7) is 7.46. The Balaban J connectivity index is 1.97. The van der Waals surface area contributed by atoms with Crippen molar-refractivity contribution in [1.29, 1.82) is 0 Å². The number of aromatic nitrogens is 1. The third-order valence-corrected chi connectivity index (χ3v) is 5.51. The Kier molecular flexibility index (Phi) is 4.24. The molecule has 2 heterocycles. The molecule has 1 aliphatic carbocycles. The van der Waals surface area contributed by atoms with Gasteiger partial charge in [-0.3, -0.25) is 4.98 Å². The van der Waals surface area contributed by atoms with Gasteiger partial charge in [0.25, 0.3) is 0 Å². The van der Waals surface area contributed by atoms with E-state index in [0.29, 0.717) is 5.56 Å². The molecule has 132 valence electrons. The summed E-state index contributed by atoms with van der Waals surface area (Å²) >= 11 is 0. The Hall–Kier alpha value is -1.08. The van der Waals surface area contributed by atoms with Crippen LogP contribution in [0.5, 0.6) is 0 Å². The van der Waals surface area contributed by atoms with Crippen molar-refractivity contribution in [3.63, 3.8) is 0 Å². The molecular weight excluding hydrogens is 318 g/mol. The van der Waals surface area contributed by atoms with Crippen LogP contribution < -0.4 is 5.59 Å². The topological polar surface area (TPSA) is 31.4 Å². The smallest absolute Gasteiger partial charge is 0.398 e. The number of rotatable bonds is 2. The second kappa shape index (κ2) is 5.73. The molecule has 1 aliphatic heterocycles. The Bertz CT molecular complexity index is 609. The fourth-order valence-corrected chi connectivity index (χ4v) is 3.37. The summed E-state index contributed by atoms with van der Waals surface area (Å²) in [5.41, 5.74) is -1.52. The molecule has 2 fully saturated rings. The van der Waals surface area contributed by atoms with E-state index in [1.165, 1.54) is 0 Å². The second-order valence-corrected chi connectivity index (χ2v) is 7.74. The first-order valence-corrected chi connectivity index (χ1v) is 8.45. The number of pyridine rings is 1. The molecule has 0 bridgehead atoms. The second-order valence-electron chi connectivity index (χ2n) is 7.74. The van der Waals surface area contributed by atoms with Gasteiger partial charge < -0.3 is 9.31 Å². The summed E-state index contributed by atoms with van der Waals surface area (Å²) < 4.78 is 52.2. The van der Waals surface area contributed by atoms with Crippen molar-refractivity contribution >= 4 is 12.7 Å². The zero-order valence-electron chi connectivity index (χ0n) is 14.5. The quantitative estimate of drug-likeness (QED) is 0.761. The summed E-state index contributed by atoms with van der Waals surface area (Å²) in [6, 6.07) is 3.18. The highest BCUT2D eigenvalue weighted by Crippen LogP contribution is 2.41. The van der Waals surface area contributed by atoms with Gasteiger partial charge in [-0.05, 0) is 58.1 Å². The monoisotopic (exact) mass is 341 g/mol. The molecule has 0 atom stereocenters. The fraction of sp³-hybridized carbons (Fsp3) is 0.706. The molecule has 0 N–H and O–H groups in total. The van der Waals surface area contributed by atoms with Crippen LogP contribution in [0.4, 0.5) is 13.2 Å². The first-order chi connectivity index (χ1) is 11.0. The highest BCUT2D eigenvalue weighted by Gasteiger charge is 2.53. The predicted octanol–water partition coefficient (Wildman–Crippen LogP) is 4.06. The SMILES string of the molecule is CC1(C)OB(c2ccc(C3CCCC3)c(C(F)(F)F)n2)OC1(C)C. The zero-order valence-corrected chi connectivity index (χ0v) is 14.5. The van der Waals surface area contributed by atoms with Gasteiger partial charge >= 0.3 is 13.3 Å². The van der Waals surface area contributed by atoms with Crippen LogP contribution in [0.15, 0.2) is 12.1 Å². The van der Waals surface area contributed by atoms with Crippen LogP contribution in [0.2, 0.25) is 0 Å². The molecule has 1 saturated heterocycles. The van der Waals surface area contributed by atoms with Crippen LogP contribution >= 0.6 is 0 Å². The van der Waals surface area contributed by atoms with Gasteiger partial charge in [-0.15, -0.1) is 0 Å². The summed E-state index contributed by atoms with van der Waals surface area (Å²) in [6.07, 6.45) is -0.944.